The van der Waals surface area contributed by atoms with Gasteiger partial charge in [-0.15, -0.1) is 0 Å². The van der Waals surface area contributed by atoms with Crippen LogP contribution in [0.25, 0.3) is 27.8 Å². The van der Waals surface area contributed by atoms with Gasteiger partial charge in [0.05, 0.1) is 16.7 Å². The highest BCUT2D eigenvalue weighted by atomic mass is 16.3. The third kappa shape index (κ3) is 4.12. The van der Waals surface area contributed by atoms with Crippen molar-refractivity contribution in [3.63, 3.8) is 0 Å². The van der Waals surface area contributed by atoms with E-state index in [1.54, 1.807) is 6.07 Å². The quantitative estimate of drug-likeness (QED) is 0.223. The Kier molecular flexibility index (Phi) is 5.52. The fraction of sp³-hybridized carbons (Fsp3) is 0.219. The van der Waals surface area contributed by atoms with Gasteiger partial charge in [0.2, 0.25) is 6.33 Å². The zero-order chi connectivity index (χ0) is 24.8. The summed E-state index contributed by atoms with van der Waals surface area (Å²) in [6.45, 7) is 11.3. The summed E-state index contributed by atoms with van der Waals surface area (Å²) in [5.74, 6) is 0.232. The Morgan fingerprint density at radius 3 is 2.03 bits per heavy atom. The van der Waals surface area contributed by atoms with Gasteiger partial charge in [-0.2, -0.15) is 0 Å². The van der Waals surface area contributed by atoms with Crippen molar-refractivity contribution in [2.24, 2.45) is 0 Å². The van der Waals surface area contributed by atoms with E-state index in [2.05, 4.69) is 112 Å². The number of benzene rings is 4. The second kappa shape index (κ2) is 8.42. The van der Waals surface area contributed by atoms with E-state index in [0.29, 0.717) is 5.69 Å². The monoisotopic (exact) mass is 460 g/mol. The van der Waals surface area contributed by atoms with Crippen molar-refractivity contribution < 1.29 is 9.67 Å². The number of imidazole rings is 1. The van der Waals surface area contributed by atoms with E-state index in [-0.39, 0.29) is 11.2 Å². The van der Waals surface area contributed by atoms with E-state index in [0.717, 1.165) is 11.0 Å². The molecule has 1 heterocycles. The maximum atomic E-state index is 10.6. The maximum Gasteiger partial charge on any atom is 0.245 e. The van der Waals surface area contributed by atoms with Crippen molar-refractivity contribution in [3.8, 4) is 22.6 Å². The van der Waals surface area contributed by atoms with Gasteiger partial charge in [0.15, 0.2) is 0 Å². The van der Waals surface area contributed by atoms with Gasteiger partial charge in [0.25, 0.3) is 0 Å². The predicted octanol–water partition coefficient (Wildman–Crippen LogP) is 7.17. The Morgan fingerprint density at radius 1 is 0.686 bits per heavy atom. The first kappa shape index (κ1) is 22.9. The van der Waals surface area contributed by atoms with Crippen LogP contribution in [0.15, 0.2) is 97.1 Å². The number of para-hydroxylation sites is 4. The Labute approximate surface area is 207 Å². The average molecular weight is 461 g/mol. The van der Waals surface area contributed by atoms with Crippen molar-refractivity contribution in [2.45, 2.75) is 45.6 Å². The largest absolute Gasteiger partial charge is 0.513 e. The summed E-state index contributed by atoms with van der Waals surface area (Å²) >= 11 is 0. The number of aromatic hydroxyl groups is 1. The van der Waals surface area contributed by atoms with Crippen LogP contribution in [-0.2, 0) is 11.0 Å². The number of phenols is 1. The first-order valence-corrected chi connectivity index (χ1v) is 12.1. The number of aromatic nitrogens is 2. The van der Waals surface area contributed by atoms with Gasteiger partial charge in [0.1, 0.15) is 11.3 Å². The molecule has 0 saturated carbocycles. The van der Waals surface area contributed by atoms with E-state index in [4.69, 9.17) is 0 Å². The number of nitrogens with zero attached hydrogens (tertiary/aromatic N) is 2. The summed E-state index contributed by atoms with van der Waals surface area (Å²) in [6.07, 6.45) is 3.58. The molecule has 1 aromatic heterocycles. The summed E-state index contributed by atoms with van der Waals surface area (Å²) in [5.41, 5.74) is 7.31. The highest BCUT2D eigenvalue weighted by Crippen LogP contribution is 2.34. The molecule has 0 aliphatic heterocycles. The lowest BCUT2D eigenvalue weighted by Crippen LogP contribution is -2.52. The third-order valence-corrected chi connectivity index (χ3v) is 6.86. The van der Waals surface area contributed by atoms with Crippen LogP contribution in [0, 0.1) is 6.33 Å². The molecule has 0 bridgehead atoms. The Balaban J connectivity index is 1.75. The van der Waals surface area contributed by atoms with Crippen molar-refractivity contribution in [2.75, 3.05) is 0 Å². The fourth-order valence-electron chi connectivity index (χ4n) is 4.65. The molecule has 0 radical (unpaired) electrons. The molecule has 0 unspecified atom stereocenters. The van der Waals surface area contributed by atoms with Gasteiger partial charge in [-0.25, -0.2) is 0 Å². The number of hydrogen-bond acceptors (Lipinski definition) is 1. The van der Waals surface area contributed by atoms with Gasteiger partial charge in [0, 0.05) is 0 Å². The van der Waals surface area contributed by atoms with Crippen LogP contribution < -0.4 is 4.57 Å². The Bertz CT molecular complexity index is 1500. The minimum absolute atomic E-state index is 0.00777. The molecule has 0 aliphatic carbocycles. The van der Waals surface area contributed by atoms with E-state index in [9.17, 15) is 5.11 Å². The second-order valence-electron chi connectivity index (χ2n) is 10.7. The summed E-state index contributed by atoms with van der Waals surface area (Å²) in [4.78, 5) is 0. The lowest BCUT2D eigenvalue weighted by atomic mass is 9.81. The smallest absolute Gasteiger partial charge is 0.245 e. The molecule has 0 fully saturated rings. The molecule has 0 spiro atoms. The Hall–Kier alpha value is -3.85. The molecule has 0 amide bonds. The highest BCUT2D eigenvalue weighted by molar-refractivity contribution is 5.75. The normalized spacial score (nSPS) is 12.3. The van der Waals surface area contributed by atoms with Gasteiger partial charge < -0.3 is 14.2 Å². The van der Waals surface area contributed by atoms with Crippen LogP contribution in [-0.4, -0.2) is 9.67 Å². The summed E-state index contributed by atoms with van der Waals surface area (Å²) in [6, 6.07) is 33.2. The van der Waals surface area contributed by atoms with Crippen molar-refractivity contribution in [3.05, 3.63) is 115 Å². The molecular weight excluding hydrogens is 428 g/mol. The molecule has 176 valence electrons. The van der Waals surface area contributed by atoms with Gasteiger partial charge in [-0.05, 0) is 53.6 Å². The zero-order valence-electron chi connectivity index (χ0n) is 21.1. The number of hydrogen-bond donors (Lipinski definition) is 1. The summed E-state index contributed by atoms with van der Waals surface area (Å²) < 4.78 is 4.16. The molecule has 0 saturated heterocycles. The van der Waals surface area contributed by atoms with Crippen molar-refractivity contribution in [1.29, 1.82) is 0 Å². The second-order valence-corrected chi connectivity index (χ2v) is 10.7. The van der Waals surface area contributed by atoms with Gasteiger partial charge >= 0.3 is 0 Å². The SMILES string of the molecule is CC(C)(C)c1cc(-c2ccccc2)cc(C(C)(C)[n+]2[c-]n(-c3ccccc3O)c3ccccc32)c1. The minimum Gasteiger partial charge on any atom is -0.513 e. The van der Waals surface area contributed by atoms with Gasteiger partial charge in [-0.3, -0.25) is 0 Å². The highest BCUT2D eigenvalue weighted by Gasteiger charge is 2.30. The molecular formula is C32H32N2O. The molecule has 3 nitrogen and oxygen atoms in total. The lowest BCUT2D eigenvalue weighted by Gasteiger charge is -2.29. The van der Waals surface area contributed by atoms with Crippen LogP contribution in [0.5, 0.6) is 5.75 Å². The molecule has 5 aromatic rings. The Morgan fingerprint density at radius 2 is 1.31 bits per heavy atom. The third-order valence-electron chi connectivity index (χ3n) is 6.86. The topological polar surface area (TPSA) is 29.0 Å². The van der Waals surface area contributed by atoms with Crippen LogP contribution in [0.1, 0.15) is 45.7 Å². The van der Waals surface area contributed by atoms with Crippen LogP contribution in [0.2, 0.25) is 0 Å². The first-order chi connectivity index (χ1) is 16.7. The number of fused-ring (bicyclic) bond motifs is 1. The zero-order valence-corrected chi connectivity index (χ0v) is 21.1. The predicted molar refractivity (Wildman–Crippen MR) is 143 cm³/mol. The first-order valence-electron chi connectivity index (χ1n) is 12.1. The van der Waals surface area contributed by atoms with Crippen LogP contribution in [0.4, 0.5) is 0 Å². The lowest BCUT2D eigenvalue weighted by molar-refractivity contribution is -0.727. The molecule has 3 heteroatoms. The molecule has 5 rings (SSSR count). The van der Waals surface area contributed by atoms with E-state index in [1.807, 2.05) is 28.8 Å². The van der Waals surface area contributed by atoms with Crippen molar-refractivity contribution in [1.82, 2.24) is 4.57 Å². The molecule has 1 N–H and O–H groups in total. The summed E-state index contributed by atoms with van der Waals surface area (Å²) in [5, 5.41) is 10.6. The number of phenolic OH excluding ortho intramolecular Hbond substituents is 1. The molecule has 35 heavy (non-hydrogen) atoms. The van der Waals surface area contributed by atoms with E-state index in [1.165, 1.54) is 22.3 Å². The maximum absolute atomic E-state index is 10.6. The van der Waals surface area contributed by atoms with Gasteiger partial charge in [-0.1, -0.05) is 106 Å². The molecule has 0 aliphatic rings. The standard InChI is InChI=1S/C32H32N2O/c1-31(2,3)25-19-24(23-13-7-6-8-14-23)20-26(21-25)32(4,5)34-22-33(27-15-9-10-16-28(27)34)29-17-11-12-18-30(29)35/h6-21,35H,1-5H3. The van der Waals surface area contributed by atoms with Crippen molar-refractivity contribution >= 4 is 11.0 Å². The van der Waals surface area contributed by atoms with Crippen LogP contribution >= 0.6 is 0 Å². The summed E-state index contributed by atoms with van der Waals surface area (Å²) in [7, 11) is 0. The van der Waals surface area contributed by atoms with E-state index >= 15 is 0 Å². The average Bonchev–Trinajstić information content (AvgIpc) is 3.24. The van der Waals surface area contributed by atoms with E-state index < -0.39 is 5.54 Å². The molecule has 0 atom stereocenters. The van der Waals surface area contributed by atoms with Crippen LogP contribution in [0.3, 0.4) is 0 Å². The fourth-order valence-corrected chi connectivity index (χ4v) is 4.65. The number of rotatable bonds is 4. The molecule has 4 aromatic carbocycles. The minimum atomic E-state index is -0.403.